The Bertz CT molecular complexity index is 697. The number of carbonyl (C=O) groups is 1. The molecule has 2 heterocycles. The smallest absolute Gasteiger partial charge is 0.232 e. The Kier molecular flexibility index (Phi) is 4.65. The highest BCUT2D eigenvalue weighted by Gasteiger charge is 2.34. The number of allylic oxidation sites excluding steroid dienone is 2. The average Bonchev–Trinajstić information content (AvgIpc) is 2.90. The maximum atomic E-state index is 12.6. The zero-order chi connectivity index (χ0) is 17.4. The van der Waals surface area contributed by atoms with E-state index in [1.54, 1.807) is 6.07 Å². The molecule has 5 nitrogen and oxygen atoms in total. The van der Waals surface area contributed by atoms with Crippen molar-refractivity contribution in [3.63, 3.8) is 0 Å². The highest BCUT2D eigenvalue weighted by atomic mass is 16.5. The molecule has 1 aromatic carbocycles. The molecule has 0 aromatic heterocycles. The summed E-state index contributed by atoms with van der Waals surface area (Å²) in [4.78, 5) is 17.3. The van der Waals surface area contributed by atoms with E-state index in [1.807, 2.05) is 20.8 Å². The molecule has 1 saturated heterocycles. The Labute approximate surface area is 143 Å². The fourth-order valence-electron chi connectivity index (χ4n) is 3.44. The van der Waals surface area contributed by atoms with Crippen LogP contribution in [-0.4, -0.2) is 53.4 Å². The lowest BCUT2D eigenvalue weighted by Gasteiger charge is -2.34. The topological polar surface area (TPSA) is 53.0 Å². The standard InChI is InChI=1S/C19H26N2O3/c1-5-20-6-8-21(9-7-20)11-14-15(22)10-13(4)16-17(23)18(12(2)3)24-19(14)16/h10,22H,5-9,11H2,1-4H3. The van der Waals surface area contributed by atoms with Crippen molar-refractivity contribution in [1.82, 2.24) is 9.80 Å². The van der Waals surface area contributed by atoms with E-state index in [9.17, 15) is 9.90 Å². The van der Waals surface area contributed by atoms with Gasteiger partial charge in [0.1, 0.15) is 11.5 Å². The average molecular weight is 330 g/mol. The van der Waals surface area contributed by atoms with Crippen LogP contribution < -0.4 is 4.74 Å². The maximum absolute atomic E-state index is 12.6. The van der Waals surface area contributed by atoms with Crippen molar-refractivity contribution in [1.29, 1.82) is 0 Å². The maximum Gasteiger partial charge on any atom is 0.232 e. The van der Waals surface area contributed by atoms with E-state index >= 15 is 0 Å². The summed E-state index contributed by atoms with van der Waals surface area (Å²) in [5, 5.41) is 10.5. The predicted octanol–water partition coefficient (Wildman–Crippen LogP) is 2.71. The molecule has 0 radical (unpaired) electrons. The number of fused-ring (bicyclic) bond motifs is 1. The van der Waals surface area contributed by atoms with Crippen molar-refractivity contribution in [3.8, 4) is 11.5 Å². The van der Waals surface area contributed by atoms with Crippen molar-refractivity contribution in [2.24, 2.45) is 0 Å². The van der Waals surface area contributed by atoms with Gasteiger partial charge in [-0.05, 0) is 44.5 Å². The van der Waals surface area contributed by atoms with Crippen molar-refractivity contribution in [3.05, 3.63) is 34.1 Å². The normalized spacial score (nSPS) is 18.7. The second kappa shape index (κ2) is 6.57. The summed E-state index contributed by atoms with van der Waals surface area (Å²) in [6, 6.07) is 1.69. The van der Waals surface area contributed by atoms with Gasteiger partial charge < -0.3 is 14.7 Å². The second-order valence-electron chi connectivity index (χ2n) is 6.87. The SMILES string of the molecule is CCN1CCN(Cc2c(O)cc(C)c3c2OC(=C(C)C)C3=O)CC1. The summed E-state index contributed by atoms with van der Waals surface area (Å²) in [7, 11) is 0. The molecule has 130 valence electrons. The van der Waals surface area contributed by atoms with Crippen molar-refractivity contribution < 1.29 is 14.6 Å². The van der Waals surface area contributed by atoms with Crippen LogP contribution in [-0.2, 0) is 6.54 Å². The van der Waals surface area contributed by atoms with Gasteiger partial charge in [-0.2, -0.15) is 0 Å². The van der Waals surface area contributed by atoms with E-state index in [1.165, 1.54) is 0 Å². The van der Waals surface area contributed by atoms with Crippen LogP contribution in [0.5, 0.6) is 11.5 Å². The van der Waals surface area contributed by atoms with Crippen LogP contribution in [0.3, 0.4) is 0 Å². The molecule has 0 saturated carbocycles. The Morgan fingerprint density at radius 1 is 1.21 bits per heavy atom. The highest BCUT2D eigenvalue weighted by Crippen LogP contribution is 2.42. The Balaban J connectivity index is 1.91. The van der Waals surface area contributed by atoms with E-state index in [2.05, 4.69) is 16.7 Å². The van der Waals surface area contributed by atoms with Gasteiger partial charge in [0, 0.05) is 32.7 Å². The van der Waals surface area contributed by atoms with Crippen molar-refractivity contribution in [2.45, 2.75) is 34.2 Å². The molecule has 1 N–H and O–H groups in total. The molecule has 3 rings (SSSR count). The van der Waals surface area contributed by atoms with E-state index in [4.69, 9.17) is 4.74 Å². The molecule has 1 aromatic rings. The molecule has 0 atom stereocenters. The molecule has 1 fully saturated rings. The van der Waals surface area contributed by atoms with Gasteiger partial charge >= 0.3 is 0 Å². The third-order valence-corrected chi connectivity index (χ3v) is 4.94. The zero-order valence-electron chi connectivity index (χ0n) is 15.0. The minimum Gasteiger partial charge on any atom is -0.507 e. The molecular weight excluding hydrogens is 304 g/mol. The number of phenolic OH excluding ortho intramolecular Hbond substituents is 1. The number of nitrogens with zero attached hydrogens (tertiary/aromatic N) is 2. The summed E-state index contributed by atoms with van der Waals surface area (Å²) >= 11 is 0. The quantitative estimate of drug-likeness (QED) is 0.864. The number of likely N-dealkylation sites (N-methyl/N-ethyl adjacent to an activating group) is 1. The van der Waals surface area contributed by atoms with Gasteiger partial charge in [0.2, 0.25) is 5.78 Å². The Hall–Kier alpha value is -1.85. The number of aryl methyl sites for hydroxylation is 1. The van der Waals surface area contributed by atoms with Crippen LogP contribution in [0.2, 0.25) is 0 Å². The molecule has 0 amide bonds. The Morgan fingerprint density at radius 2 is 1.83 bits per heavy atom. The number of rotatable bonds is 3. The molecule has 0 bridgehead atoms. The first-order chi connectivity index (χ1) is 11.4. The monoisotopic (exact) mass is 330 g/mol. The van der Waals surface area contributed by atoms with E-state index in [-0.39, 0.29) is 11.5 Å². The summed E-state index contributed by atoms with van der Waals surface area (Å²) in [6.45, 7) is 13.4. The third-order valence-electron chi connectivity index (χ3n) is 4.94. The number of hydrogen-bond acceptors (Lipinski definition) is 5. The number of carbonyl (C=O) groups excluding carboxylic acids is 1. The highest BCUT2D eigenvalue weighted by molar-refractivity contribution is 6.14. The number of aromatic hydroxyl groups is 1. The zero-order valence-corrected chi connectivity index (χ0v) is 15.0. The largest absolute Gasteiger partial charge is 0.507 e. The lowest BCUT2D eigenvalue weighted by atomic mass is 9.98. The number of benzene rings is 1. The minimum absolute atomic E-state index is 0.0699. The molecule has 2 aliphatic rings. The lowest BCUT2D eigenvalue weighted by molar-refractivity contribution is 0.101. The summed E-state index contributed by atoms with van der Waals surface area (Å²) in [5.74, 6) is 1.09. The molecule has 24 heavy (non-hydrogen) atoms. The van der Waals surface area contributed by atoms with Crippen LogP contribution in [0.25, 0.3) is 0 Å². The molecule has 2 aliphatic heterocycles. The first kappa shape index (κ1) is 17.0. The first-order valence-electron chi connectivity index (χ1n) is 8.62. The summed E-state index contributed by atoms with van der Waals surface area (Å²) in [5.41, 5.74) is 2.96. The van der Waals surface area contributed by atoms with Crippen LogP contribution in [0.1, 0.15) is 42.3 Å². The van der Waals surface area contributed by atoms with Gasteiger partial charge in [0.25, 0.3) is 0 Å². The van der Waals surface area contributed by atoms with E-state index < -0.39 is 0 Å². The summed E-state index contributed by atoms with van der Waals surface area (Å²) in [6.07, 6.45) is 0. The molecule has 0 unspecified atom stereocenters. The molecular formula is C19H26N2O3. The van der Waals surface area contributed by atoms with Crippen LogP contribution in [0.15, 0.2) is 17.4 Å². The number of ketones is 1. The molecule has 0 spiro atoms. The predicted molar refractivity (Wildman–Crippen MR) is 93.6 cm³/mol. The van der Waals surface area contributed by atoms with Crippen molar-refractivity contribution >= 4 is 5.78 Å². The number of Topliss-reactive ketones (excluding diaryl/α,β-unsaturated/α-hetero) is 1. The van der Waals surface area contributed by atoms with E-state index in [0.717, 1.165) is 49.4 Å². The fraction of sp³-hybridized carbons (Fsp3) is 0.526. The Morgan fingerprint density at radius 3 is 2.42 bits per heavy atom. The third kappa shape index (κ3) is 2.94. The van der Waals surface area contributed by atoms with Crippen LogP contribution in [0, 0.1) is 6.92 Å². The number of piperazine rings is 1. The van der Waals surface area contributed by atoms with Gasteiger partial charge in [-0.15, -0.1) is 0 Å². The van der Waals surface area contributed by atoms with Crippen LogP contribution in [0.4, 0.5) is 0 Å². The second-order valence-corrected chi connectivity index (χ2v) is 6.87. The number of phenols is 1. The van der Waals surface area contributed by atoms with Gasteiger partial charge in [0.05, 0.1) is 11.1 Å². The molecule has 0 aliphatic carbocycles. The number of ether oxygens (including phenoxy) is 1. The van der Waals surface area contributed by atoms with Crippen molar-refractivity contribution in [2.75, 3.05) is 32.7 Å². The van der Waals surface area contributed by atoms with Gasteiger partial charge in [-0.3, -0.25) is 9.69 Å². The fourth-order valence-corrected chi connectivity index (χ4v) is 3.44. The van der Waals surface area contributed by atoms with Crippen LogP contribution >= 0.6 is 0 Å². The number of hydrogen-bond donors (Lipinski definition) is 1. The van der Waals surface area contributed by atoms with Gasteiger partial charge in [-0.1, -0.05) is 6.92 Å². The lowest BCUT2D eigenvalue weighted by Crippen LogP contribution is -2.45. The van der Waals surface area contributed by atoms with Gasteiger partial charge in [0.15, 0.2) is 5.76 Å². The molecule has 5 heteroatoms. The first-order valence-corrected chi connectivity index (χ1v) is 8.62. The van der Waals surface area contributed by atoms with E-state index in [0.29, 0.717) is 23.6 Å². The van der Waals surface area contributed by atoms with Gasteiger partial charge in [-0.25, -0.2) is 0 Å². The minimum atomic E-state index is -0.0699. The summed E-state index contributed by atoms with van der Waals surface area (Å²) < 4.78 is 5.89.